The quantitative estimate of drug-likeness (QED) is 0.0961. The molecule has 17 N–H and O–H groups in total. The molecule has 19 nitrogen and oxygen atoms in total. The number of hydrogen-bond acceptors (Lipinski definition) is 19. The highest BCUT2D eigenvalue weighted by atomic mass is 16.8. The number of rotatable bonds is 12. The zero-order valence-corrected chi connectivity index (χ0v) is 26.8. The summed E-state index contributed by atoms with van der Waals surface area (Å²) in [6.45, 7) is -0.726. The molecule has 0 amide bonds. The van der Waals surface area contributed by atoms with Gasteiger partial charge >= 0.3 is 0 Å². The minimum atomic E-state index is -1.62. The number of hydrogen-bond donors (Lipinski definition) is 12. The van der Waals surface area contributed by atoms with Gasteiger partial charge in [-0.2, -0.15) is 0 Å². The molecule has 1 saturated carbocycles. The Hall–Kier alpha value is -1.54. The predicted molar refractivity (Wildman–Crippen MR) is 165 cm³/mol. The Morgan fingerprint density at radius 1 is 0.612 bits per heavy atom. The summed E-state index contributed by atoms with van der Waals surface area (Å²) >= 11 is 0. The van der Waals surface area contributed by atoms with Crippen molar-refractivity contribution < 1.29 is 68.9 Å². The van der Waals surface area contributed by atoms with Gasteiger partial charge in [-0.25, -0.2) is 0 Å². The van der Waals surface area contributed by atoms with Crippen LogP contribution in [0, 0.1) is 0 Å². The molecule has 4 aliphatic rings. The SMILES string of the molecule is NCC1O[C@H](O[C@H]2[C@@H](O)[C@H](O[C@@H]3[C@@H](O)[C@H](N)C[C@H](N)[C@H]3O[C@@H]3O[C@H](COCc4ccccc4)[C@@H](O)[C@H](O)[C@H]3N)O[C@@H]2CO)[C@H](N)[C@@H](O)[C@@H]1O. The van der Waals surface area contributed by atoms with E-state index in [1.54, 1.807) is 0 Å². The van der Waals surface area contributed by atoms with Crippen LogP contribution in [0.2, 0.25) is 0 Å². The number of aliphatic hydroxyl groups is 7. The first-order valence-electron chi connectivity index (χ1n) is 16.3. The molecule has 5 rings (SSSR count). The van der Waals surface area contributed by atoms with Crippen LogP contribution in [0.4, 0.5) is 0 Å². The average molecular weight is 706 g/mol. The van der Waals surface area contributed by atoms with Gasteiger partial charge < -0.3 is 97.6 Å². The molecule has 0 bridgehead atoms. The summed E-state index contributed by atoms with van der Waals surface area (Å²) in [7, 11) is 0. The normalized spacial score (nSPS) is 47.7. The van der Waals surface area contributed by atoms with E-state index in [1.165, 1.54) is 0 Å². The average Bonchev–Trinajstić information content (AvgIpc) is 3.39. The lowest BCUT2D eigenvalue weighted by Crippen LogP contribution is -2.68. The zero-order valence-electron chi connectivity index (χ0n) is 26.8. The summed E-state index contributed by atoms with van der Waals surface area (Å²) in [4.78, 5) is 0. The Labute approximate surface area is 282 Å². The van der Waals surface area contributed by atoms with Crippen LogP contribution in [0.3, 0.4) is 0 Å². The fourth-order valence-corrected chi connectivity index (χ4v) is 6.55. The first-order valence-corrected chi connectivity index (χ1v) is 16.3. The number of nitrogens with two attached hydrogens (primary N) is 5. The first kappa shape index (κ1) is 38.7. The molecule has 19 atom stereocenters. The Kier molecular flexibility index (Phi) is 13.3. The van der Waals surface area contributed by atoms with Crippen molar-refractivity contribution in [3.8, 4) is 0 Å². The third kappa shape index (κ3) is 8.42. The minimum absolute atomic E-state index is 0.0783. The van der Waals surface area contributed by atoms with Gasteiger partial charge in [0, 0.05) is 18.6 Å². The molecule has 1 aromatic rings. The molecule has 19 heteroatoms. The second kappa shape index (κ2) is 16.9. The van der Waals surface area contributed by atoms with E-state index in [2.05, 4.69) is 0 Å². The molecule has 1 aliphatic carbocycles. The Balaban J connectivity index is 1.27. The van der Waals surface area contributed by atoms with Crippen LogP contribution >= 0.6 is 0 Å². The van der Waals surface area contributed by atoms with Gasteiger partial charge in [0.2, 0.25) is 0 Å². The number of ether oxygens (including phenoxy) is 7. The fourth-order valence-electron chi connectivity index (χ4n) is 6.55. The molecule has 1 aromatic carbocycles. The number of benzene rings is 1. The molecule has 4 fully saturated rings. The minimum Gasteiger partial charge on any atom is -0.394 e. The Morgan fingerprint density at radius 2 is 1.16 bits per heavy atom. The summed E-state index contributed by atoms with van der Waals surface area (Å²) in [5, 5.41) is 74.4. The fraction of sp³-hybridized carbons (Fsp3) is 0.800. The van der Waals surface area contributed by atoms with Crippen LogP contribution in [0.15, 0.2) is 30.3 Å². The molecular weight excluding hydrogens is 654 g/mol. The van der Waals surface area contributed by atoms with Crippen LogP contribution in [-0.4, -0.2) is 172 Å². The van der Waals surface area contributed by atoms with E-state index in [0.717, 1.165) is 5.56 Å². The largest absolute Gasteiger partial charge is 0.394 e. The number of aliphatic hydroxyl groups excluding tert-OH is 7. The van der Waals surface area contributed by atoms with Gasteiger partial charge in [-0.1, -0.05) is 30.3 Å². The van der Waals surface area contributed by atoms with Crippen LogP contribution < -0.4 is 28.7 Å². The zero-order chi connectivity index (χ0) is 35.6. The Morgan fingerprint density at radius 3 is 1.78 bits per heavy atom. The van der Waals surface area contributed by atoms with Crippen molar-refractivity contribution in [2.24, 2.45) is 28.7 Å². The maximum absolute atomic E-state index is 11.2. The van der Waals surface area contributed by atoms with Gasteiger partial charge in [0.1, 0.15) is 67.1 Å². The van der Waals surface area contributed by atoms with Crippen LogP contribution in [0.5, 0.6) is 0 Å². The van der Waals surface area contributed by atoms with Crippen molar-refractivity contribution in [2.45, 2.75) is 129 Å². The second-order valence-electron chi connectivity index (χ2n) is 13.0. The monoisotopic (exact) mass is 705 g/mol. The highest BCUT2D eigenvalue weighted by Gasteiger charge is 2.54. The first-order chi connectivity index (χ1) is 23.4. The third-order valence-electron chi connectivity index (χ3n) is 9.53. The van der Waals surface area contributed by atoms with Crippen molar-refractivity contribution >= 4 is 0 Å². The van der Waals surface area contributed by atoms with E-state index >= 15 is 0 Å². The van der Waals surface area contributed by atoms with Crippen LogP contribution in [0.25, 0.3) is 0 Å². The summed E-state index contributed by atoms with van der Waals surface area (Å²) in [6.07, 6.45) is -20.1. The summed E-state index contributed by atoms with van der Waals surface area (Å²) in [6, 6.07) is 5.04. The van der Waals surface area contributed by atoms with Crippen molar-refractivity contribution in [2.75, 3.05) is 19.8 Å². The van der Waals surface area contributed by atoms with Gasteiger partial charge in [-0.05, 0) is 12.0 Å². The van der Waals surface area contributed by atoms with Crippen molar-refractivity contribution in [1.82, 2.24) is 0 Å². The molecule has 3 heterocycles. The summed E-state index contributed by atoms with van der Waals surface area (Å²) < 4.78 is 41.1. The van der Waals surface area contributed by atoms with E-state index in [9.17, 15) is 35.7 Å². The van der Waals surface area contributed by atoms with Gasteiger partial charge in [0.15, 0.2) is 18.9 Å². The van der Waals surface area contributed by atoms with E-state index in [0.29, 0.717) is 0 Å². The van der Waals surface area contributed by atoms with E-state index < -0.39 is 123 Å². The van der Waals surface area contributed by atoms with Gasteiger partial charge in [0.05, 0.1) is 38.0 Å². The van der Waals surface area contributed by atoms with Crippen molar-refractivity contribution in [3.63, 3.8) is 0 Å². The predicted octanol–water partition coefficient (Wildman–Crippen LogP) is -6.64. The lowest BCUT2D eigenvalue weighted by Gasteiger charge is -2.47. The van der Waals surface area contributed by atoms with Gasteiger partial charge in [-0.15, -0.1) is 0 Å². The maximum atomic E-state index is 11.2. The van der Waals surface area contributed by atoms with Crippen LogP contribution in [0.1, 0.15) is 12.0 Å². The molecule has 3 saturated heterocycles. The molecule has 1 unspecified atom stereocenters. The molecule has 0 radical (unpaired) electrons. The van der Waals surface area contributed by atoms with Crippen molar-refractivity contribution in [3.05, 3.63) is 35.9 Å². The second-order valence-corrected chi connectivity index (χ2v) is 13.0. The molecular formula is C30H51N5O14. The summed E-state index contributed by atoms with van der Waals surface area (Å²) in [5.41, 5.74) is 31.3. The molecule has 3 aliphatic heterocycles. The van der Waals surface area contributed by atoms with Gasteiger partial charge in [0.25, 0.3) is 0 Å². The molecule has 0 aromatic heterocycles. The van der Waals surface area contributed by atoms with Crippen molar-refractivity contribution in [1.29, 1.82) is 0 Å². The molecule has 49 heavy (non-hydrogen) atoms. The topological polar surface area (TPSA) is 336 Å². The maximum Gasteiger partial charge on any atom is 0.187 e. The van der Waals surface area contributed by atoms with E-state index in [1.807, 2.05) is 30.3 Å². The van der Waals surface area contributed by atoms with E-state index in [4.69, 9.17) is 61.8 Å². The molecule has 280 valence electrons. The summed E-state index contributed by atoms with van der Waals surface area (Å²) in [5.74, 6) is 0. The lowest BCUT2D eigenvalue weighted by molar-refractivity contribution is -0.312. The third-order valence-corrected chi connectivity index (χ3v) is 9.53. The molecule has 0 spiro atoms. The highest BCUT2D eigenvalue weighted by molar-refractivity contribution is 5.13. The lowest BCUT2D eigenvalue weighted by atomic mass is 9.84. The smallest absolute Gasteiger partial charge is 0.187 e. The van der Waals surface area contributed by atoms with Crippen LogP contribution in [-0.2, 0) is 39.8 Å². The standard InChI is InChI=1S/C30H51N5O14/c31-7-14-20(38)22(40)17(34)28(44-14)48-26-15(8-36)45-30(24(26)42)49-27-19(37)12(32)6-13(33)25(27)47-29-18(35)23(41)21(39)16(46-29)10-43-9-11-4-2-1-3-5-11/h1-5,12-30,36-42H,6-10,31-35H2/t12-,13+,14?,15-,16-,17-,18-,19+,20-,21-,22-,23-,24-,25-,26-,27-,28-,29+,30+/m1/s1. The Bertz CT molecular complexity index is 1170. The van der Waals surface area contributed by atoms with E-state index in [-0.39, 0.29) is 26.2 Å². The van der Waals surface area contributed by atoms with Gasteiger partial charge in [-0.3, -0.25) is 0 Å². The highest BCUT2D eigenvalue weighted by Crippen LogP contribution is 2.34.